The first kappa shape index (κ1) is 27.4. The van der Waals surface area contributed by atoms with Gasteiger partial charge in [-0.25, -0.2) is 0 Å². The molecule has 9 aromatic rings. The van der Waals surface area contributed by atoms with Crippen LogP contribution < -0.4 is 0 Å². The average molecular weight is 611 g/mol. The predicted octanol–water partition coefficient (Wildman–Crippen LogP) is 11.0. The highest BCUT2D eigenvalue weighted by molar-refractivity contribution is 6.11. The minimum atomic E-state index is 0.612. The van der Waals surface area contributed by atoms with Crippen molar-refractivity contribution in [2.75, 3.05) is 0 Å². The van der Waals surface area contributed by atoms with Crippen LogP contribution in [0.5, 0.6) is 0 Å². The van der Waals surface area contributed by atoms with E-state index in [1.54, 1.807) is 0 Å². The van der Waals surface area contributed by atoms with E-state index in [0.29, 0.717) is 11.1 Å². The third kappa shape index (κ3) is 4.14. The molecule has 0 aliphatic rings. The van der Waals surface area contributed by atoms with E-state index in [0.717, 1.165) is 66.5 Å². The van der Waals surface area contributed by atoms with Gasteiger partial charge >= 0.3 is 0 Å². The number of fused-ring (bicyclic) bond motifs is 6. The van der Waals surface area contributed by atoms with Crippen LogP contribution in [0.3, 0.4) is 0 Å². The number of aromatic nitrogens is 2. The number of nitrogens with zero attached hydrogens (tertiary/aromatic N) is 4. The van der Waals surface area contributed by atoms with Gasteiger partial charge in [0.15, 0.2) is 0 Å². The van der Waals surface area contributed by atoms with Gasteiger partial charge in [0.25, 0.3) is 0 Å². The lowest BCUT2D eigenvalue weighted by atomic mass is 9.92. The van der Waals surface area contributed by atoms with E-state index in [9.17, 15) is 10.5 Å². The Hall–Kier alpha value is -6.88. The van der Waals surface area contributed by atoms with Gasteiger partial charge in [-0.2, -0.15) is 10.5 Å². The van der Waals surface area contributed by atoms with Gasteiger partial charge < -0.3 is 9.13 Å². The molecule has 9 rings (SSSR count). The van der Waals surface area contributed by atoms with Crippen LogP contribution in [-0.4, -0.2) is 9.13 Å². The van der Waals surface area contributed by atoms with Gasteiger partial charge in [0.05, 0.1) is 51.0 Å². The fourth-order valence-electron chi connectivity index (χ4n) is 7.30. The Balaban J connectivity index is 1.28. The van der Waals surface area contributed by atoms with Crippen molar-refractivity contribution in [2.24, 2.45) is 0 Å². The normalized spacial score (nSPS) is 11.3. The average Bonchev–Trinajstić information content (AvgIpc) is 3.67. The highest BCUT2D eigenvalue weighted by Crippen LogP contribution is 2.41. The molecule has 0 aliphatic heterocycles. The molecule has 0 bridgehead atoms. The summed E-state index contributed by atoms with van der Waals surface area (Å²) in [5.41, 5.74) is 11.9. The first-order valence-corrected chi connectivity index (χ1v) is 15.9. The minimum Gasteiger partial charge on any atom is -0.309 e. The predicted molar refractivity (Wildman–Crippen MR) is 195 cm³/mol. The topological polar surface area (TPSA) is 57.4 Å². The summed E-state index contributed by atoms with van der Waals surface area (Å²) in [6.45, 7) is 0. The van der Waals surface area contributed by atoms with Gasteiger partial charge in [0.1, 0.15) is 0 Å². The van der Waals surface area contributed by atoms with Gasteiger partial charge in [-0.15, -0.1) is 0 Å². The minimum absolute atomic E-state index is 0.612. The van der Waals surface area contributed by atoms with E-state index in [2.05, 4.69) is 143 Å². The smallest absolute Gasteiger partial charge is 0.0992 e. The highest BCUT2D eigenvalue weighted by atomic mass is 15.0. The molecular formula is C44H26N4. The number of para-hydroxylation sites is 3. The molecule has 0 radical (unpaired) electrons. The van der Waals surface area contributed by atoms with Crippen molar-refractivity contribution in [3.05, 3.63) is 169 Å². The zero-order valence-electron chi connectivity index (χ0n) is 25.8. The molecule has 0 amide bonds. The number of rotatable bonds is 4. The Morgan fingerprint density at radius 1 is 0.375 bits per heavy atom. The molecule has 0 atom stereocenters. The Morgan fingerprint density at radius 3 is 1.60 bits per heavy atom. The molecule has 0 saturated heterocycles. The molecule has 2 aromatic heterocycles. The molecular weight excluding hydrogens is 585 g/mol. The SMILES string of the molecule is N#Cc1ccc(-c2ccccc2-c2cccc(-n3c4ccccc4c4cc(C#N)ccc43)c2)c(-n2c3ccccc3c3ccccc32)c1. The van der Waals surface area contributed by atoms with E-state index in [-0.39, 0.29) is 0 Å². The molecule has 7 aromatic carbocycles. The molecule has 0 N–H and O–H groups in total. The van der Waals surface area contributed by atoms with Crippen LogP contribution in [0.4, 0.5) is 0 Å². The van der Waals surface area contributed by atoms with Crippen molar-refractivity contribution in [3.8, 4) is 45.8 Å². The van der Waals surface area contributed by atoms with Gasteiger partial charge in [0, 0.05) is 32.8 Å². The van der Waals surface area contributed by atoms with Gasteiger partial charge in [-0.1, -0.05) is 97.1 Å². The van der Waals surface area contributed by atoms with Crippen LogP contribution in [0.2, 0.25) is 0 Å². The van der Waals surface area contributed by atoms with E-state index in [4.69, 9.17) is 0 Å². The molecule has 2 heterocycles. The van der Waals surface area contributed by atoms with Crippen molar-refractivity contribution in [3.63, 3.8) is 0 Å². The van der Waals surface area contributed by atoms with Crippen LogP contribution in [-0.2, 0) is 0 Å². The summed E-state index contributed by atoms with van der Waals surface area (Å²) in [4.78, 5) is 0. The Kier molecular flexibility index (Phi) is 6.22. The summed E-state index contributed by atoms with van der Waals surface area (Å²) >= 11 is 0. The van der Waals surface area contributed by atoms with Crippen LogP contribution in [0.1, 0.15) is 11.1 Å². The molecule has 4 nitrogen and oxygen atoms in total. The monoisotopic (exact) mass is 610 g/mol. The zero-order chi connectivity index (χ0) is 32.2. The van der Waals surface area contributed by atoms with Gasteiger partial charge in [-0.3, -0.25) is 0 Å². The van der Waals surface area contributed by atoms with Crippen molar-refractivity contribution in [2.45, 2.75) is 0 Å². The van der Waals surface area contributed by atoms with Crippen LogP contribution in [0.25, 0.3) is 77.2 Å². The van der Waals surface area contributed by atoms with Crippen molar-refractivity contribution >= 4 is 43.6 Å². The van der Waals surface area contributed by atoms with E-state index < -0.39 is 0 Å². The summed E-state index contributed by atoms with van der Waals surface area (Å²) in [7, 11) is 0. The lowest BCUT2D eigenvalue weighted by Crippen LogP contribution is -1.99. The lowest BCUT2D eigenvalue weighted by molar-refractivity contribution is 1.18. The van der Waals surface area contributed by atoms with Gasteiger partial charge in [0.2, 0.25) is 0 Å². The second-order valence-electron chi connectivity index (χ2n) is 12.0. The number of benzene rings is 7. The third-order valence-corrected chi connectivity index (χ3v) is 9.38. The van der Waals surface area contributed by atoms with Crippen LogP contribution in [0.15, 0.2) is 158 Å². The van der Waals surface area contributed by atoms with Crippen molar-refractivity contribution < 1.29 is 0 Å². The van der Waals surface area contributed by atoms with E-state index in [1.165, 1.54) is 10.8 Å². The molecule has 4 heteroatoms. The zero-order valence-corrected chi connectivity index (χ0v) is 25.8. The van der Waals surface area contributed by atoms with Crippen LogP contribution >= 0.6 is 0 Å². The maximum atomic E-state index is 10.0. The largest absolute Gasteiger partial charge is 0.309 e. The second-order valence-corrected chi connectivity index (χ2v) is 12.0. The maximum Gasteiger partial charge on any atom is 0.0992 e. The number of hydrogen-bond acceptors (Lipinski definition) is 2. The summed E-state index contributed by atoms with van der Waals surface area (Å²) in [6.07, 6.45) is 0. The first-order chi connectivity index (χ1) is 23.7. The molecule has 0 aliphatic carbocycles. The Bertz CT molecular complexity index is 2760. The summed E-state index contributed by atoms with van der Waals surface area (Å²) in [5.74, 6) is 0. The molecule has 0 fully saturated rings. The number of hydrogen-bond donors (Lipinski definition) is 0. The maximum absolute atomic E-state index is 10.0. The molecule has 0 unspecified atom stereocenters. The summed E-state index contributed by atoms with van der Waals surface area (Å²) in [5, 5.41) is 24.1. The summed E-state index contributed by atoms with van der Waals surface area (Å²) in [6, 6.07) is 59.0. The Labute approximate surface area is 277 Å². The fraction of sp³-hybridized carbons (Fsp3) is 0. The van der Waals surface area contributed by atoms with Crippen LogP contribution in [0, 0.1) is 22.7 Å². The van der Waals surface area contributed by atoms with Gasteiger partial charge in [-0.05, 0) is 77.4 Å². The molecule has 222 valence electrons. The van der Waals surface area contributed by atoms with Crippen molar-refractivity contribution in [1.82, 2.24) is 9.13 Å². The highest BCUT2D eigenvalue weighted by Gasteiger charge is 2.19. The molecule has 0 spiro atoms. The molecule has 0 saturated carbocycles. The van der Waals surface area contributed by atoms with Crippen molar-refractivity contribution in [1.29, 1.82) is 10.5 Å². The fourth-order valence-corrected chi connectivity index (χ4v) is 7.30. The van der Waals surface area contributed by atoms with E-state index in [1.807, 2.05) is 36.4 Å². The lowest BCUT2D eigenvalue weighted by Gasteiger charge is -2.18. The van der Waals surface area contributed by atoms with E-state index >= 15 is 0 Å². The standard InChI is InChI=1S/C44H26N4/c45-27-29-21-23-43-39(24-29)37-16-5-6-17-40(37)47(43)32-11-9-10-31(26-32)33-12-1-2-13-34(33)38-22-20-30(28-46)25-44(38)48-41-18-7-3-14-35(41)36-15-4-8-19-42(36)48/h1-26H. The Morgan fingerprint density at radius 2 is 0.917 bits per heavy atom. The first-order valence-electron chi connectivity index (χ1n) is 15.9. The quantitative estimate of drug-likeness (QED) is 0.199. The number of nitriles is 2. The summed E-state index contributed by atoms with van der Waals surface area (Å²) < 4.78 is 4.57. The molecule has 48 heavy (non-hydrogen) atoms. The third-order valence-electron chi connectivity index (χ3n) is 9.38. The second kappa shape index (κ2) is 10.9.